The third-order valence-corrected chi connectivity index (χ3v) is 8.14. The van der Waals surface area contributed by atoms with Crippen LogP contribution in [0.3, 0.4) is 0 Å². The number of carbonyl (C=O) groups excluding carboxylic acids is 3. The van der Waals surface area contributed by atoms with Crippen LogP contribution in [0.4, 0.5) is 0 Å². The summed E-state index contributed by atoms with van der Waals surface area (Å²) in [6, 6.07) is 8.52. The molecule has 2 rings (SSSR count). The lowest BCUT2D eigenvalue weighted by Crippen LogP contribution is -2.49. The summed E-state index contributed by atoms with van der Waals surface area (Å²) in [5, 5.41) is 0. The Hall–Kier alpha value is -2.39. The van der Waals surface area contributed by atoms with Crippen molar-refractivity contribution in [1.29, 1.82) is 0 Å². The Morgan fingerprint density at radius 2 is 1.39 bits per heavy atom. The lowest BCUT2D eigenvalue weighted by Gasteiger charge is -2.29. The molecule has 0 heterocycles. The molecule has 0 saturated heterocycles. The van der Waals surface area contributed by atoms with Gasteiger partial charge in [-0.1, -0.05) is 19.1 Å². The average Bonchev–Trinajstić information content (AvgIpc) is 2.74. The van der Waals surface area contributed by atoms with E-state index in [2.05, 4.69) is 19.1 Å². The molecule has 0 unspecified atom stereocenters. The zero-order valence-corrected chi connectivity index (χ0v) is 21.1. The molecule has 1 aliphatic rings. The van der Waals surface area contributed by atoms with Crippen molar-refractivity contribution >= 4 is 26.7 Å². The van der Waals surface area contributed by atoms with Crippen molar-refractivity contribution in [1.82, 2.24) is 0 Å². The molecule has 1 aliphatic carbocycles. The van der Waals surface area contributed by atoms with Crippen molar-refractivity contribution in [3.63, 3.8) is 0 Å². The van der Waals surface area contributed by atoms with E-state index >= 15 is 0 Å². The number of benzene rings is 1. The zero-order valence-electron chi connectivity index (χ0n) is 20.1. The molecule has 0 spiro atoms. The molecule has 0 amide bonds. The van der Waals surface area contributed by atoms with Gasteiger partial charge in [-0.25, -0.2) is 0 Å². The first kappa shape index (κ1) is 26.9. The maximum absolute atomic E-state index is 11.5. The number of rotatable bonds is 12. The molecule has 0 bridgehead atoms. The quantitative estimate of drug-likeness (QED) is 0.318. The van der Waals surface area contributed by atoms with Crippen LogP contribution in [-0.2, 0) is 32.4 Å². The minimum atomic E-state index is -3.78. The molecular weight excluding hydrogens is 444 g/mol. The summed E-state index contributed by atoms with van der Waals surface area (Å²) in [7, 11) is -3.78. The van der Waals surface area contributed by atoms with Crippen LogP contribution in [0.5, 0.6) is 5.75 Å². The zero-order chi connectivity index (χ0) is 24.3. The predicted octanol–water partition coefficient (Wildman–Crippen LogP) is 4.54. The molecule has 0 aliphatic heterocycles. The van der Waals surface area contributed by atoms with Gasteiger partial charge in [-0.05, 0) is 62.1 Å². The smallest absolute Gasteiger partial charge is 0.494 e. The number of ether oxygens (including phenoxy) is 2. The first-order valence-corrected chi connectivity index (χ1v) is 13.6. The Labute approximate surface area is 197 Å². The fourth-order valence-electron chi connectivity index (χ4n) is 4.03. The van der Waals surface area contributed by atoms with Crippen LogP contribution in [0.15, 0.2) is 24.3 Å². The van der Waals surface area contributed by atoms with E-state index in [0.29, 0.717) is 18.9 Å². The average molecular weight is 481 g/mol. The van der Waals surface area contributed by atoms with Crippen molar-refractivity contribution < 1.29 is 37.1 Å². The van der Waals surface area contributed by atoms with Gasteiger partial charge in [0.05, 0.1) is 18.8 Å². The Balaban J connectivity index is 1.79. The summed E-state index contributed by atoms with van der Waals surface area (Å²) in [5.74, 6) is -0.550. The molecular formula is C24H36O8Si. The van der Waals surface area contributed by atoms with Crippen molar-refractivity contribution in [2.24, 2.45) is 0 Å². The minimum Gasteiger partial charge on any atom is -0.494 e. The van der Waals surface area contributed by atoms with Gasteiger partial charge in [0.25, 0.3) is 17.9 Å². The fourth-order valence-corrected chi connectivity index (χ4v) is 6.35. The van der Waals surface area contributed by atoms with E-state index in [1.807, 2.05) is 12.1 Å². The van der Waals surface area contributed by atoms with Gasteiger partial charge in [0.1, 0.15) is 5.75 Å². The van der Waals surface area contributed by atoms with Gasteiger partial charge in [0.2, 0.25) is 0 Å². The van der Waals surface area contributed by atoms with Crippen molar-refractivity contribution in [3.05, 3.63) is 29.8 Å². The highest BCUT2D eigenvalue weighted by Gasteiger charge is 2.51. The molecule has 0 aromatic heterocycles. The van der Waals surface area contributed by atoms with Gasteiger partial charge in [-0.15, -0.1) is 0 Å². The SMILES string of the molecule is CCCOc1ccc(C2CCC(OCCC[Si](OC(C)=O)(OC(C)=O)OC(C)=O)CC2)cc1. The van der Waals surface area contributed by atoms with Crippen LogP contribution in [0.1, 0.15) is 77.7 Å². The van der Waals surface area contributed by atoms with Crippen LogP contribution in [0, 0.1) is 0 Å². The molecule has 9 heteroatoms. The van der Waals surface area contributed by atoms with Crippen LogP contribution in [-0.4, -0.2) is 46.0 Å². The standard InChI is InChI=1S/C24H36O8Si/c1-5-15-28-23-11-7-21(8-12-23)22-9-13-24(14-10-22)29-16-6-17-33(30-18(2)25,31-19(3)26)32-20(4)27/h7-8,11-12,22,24H,5-6,9-10,13-17H2,1-4H3. The summed E-state index contributed by atoms with van der Waals surface area (Å²) in [6.45, 7) is 6.79. The van der Waals surface area contributed by atoms with Gasteiger partial charge < -0.3 is 22.8 Å². The molecule has 1 saturated carbocycles. The third kappa shape index (κ3) is 9.55. The number of carbonyl (C=O) groups is 3. The molecule has 8 nitrogen and oxygen atoms in total. The second-order valence-corrected chi connectivity index (χ2v) is 10.8. The summed E-state index contributed by atoms with van der Waals surface area (Å²) in [6.07, 6.45) is 5.60. The van der Waals surface area contributed by atoms with Gasteiger partial charge in [0, 0.05) is 27.4 Å². The van der Waals surface area contributed by atoms with E-state index in [9.17, 15) is 14.4 Å². The van der Waals surface area contributed by atoms with Gasteiger partial charge in [-0.3, -0.25) is 14.4 Å². The van der Waals surface area contributed by atoms with Crippen LogP contribution >= 0.6 is 0 Å². The maximum atomic E-state index is 11.5. The number of hydrogen-bond acceptors (Lipinski definition) is 8. The lowest BCUT2D eigenvalue weighted by molar-refractivity contribution is -0.147. The third-order valence-electron chi connectivity index (χ3n) is 5.38. The van der Waals surface area contributed by atoms with Gasteiger partial charge in [0.15, 0.2) is 0 Å². The fraction of sp³-hybridized carbons (Fsp3) is 0.625. The van der Waals surface area contributed by atoms with E-state index in [0.717, 1.165) is 44.5 Å². The Morgan fingerprint density at radius 3 is 1.88 bits per heavy atom. The Kier molecular flexibility index (Phi) is 10.9. The van der Waals surface area contributed by atoms with E-state index in [4.69, 9.17) is 22.8 Å². The van der Waals surface area contributed by atoms with Gasteiger partial charge >= 0.3 is 8.80 Å². The molecule has 184 valence electrons. The second-order valence-electron chi connectivity index (χ2n) is 8.33. The highest BCUT2D eigenvalue weighted by atomic mass is 28.4. The Morgan fingerprint density at radius 1 is 0.848 bits per heavy atom. The van der Waals surface area contributed by atoms with E-state index in [-0.39, 0.29) is 12.1 Å². The van der Waals surface area contributed by atoms with Gasteiger partial charge in [-0.2, -0.15) is 0 Å². The molecule has 0 N–H and O–H groups in total. The molecule has 0 radical (unpaired) electrons. The monoisotopic (exact) mass is 480 g/mol. The first-order valence-electron chi connectivity index (χ1n) is 11.7. The normalized spacial score (nSPS) is 18.3. The van der Waals surface area contributed by atoms with E-state index in [1.165, 1.54) is 26.3 Å². The molecule has 0 atom stereocenters. The maximum Gasteiger partial charge on any atom is 0.705 e. The molecule has 1 aromatic carbocycles. The molecule has 1 fully saturated rings. The highest BCUT2D eigenvalue weighted by Crippen LogP contribution is 2.35. The summed E-state index contributed by atoms with van der Waals surface area (Å²) in [4.78, 5) is 34.5. The van der Waals surface area contributed by atoms with Crippen LogP contribution in [0.2, 0.25) is 6.04 Å². The highest BCUT2D eigenvalue weighted by molar-refractivity contribution is 6.65. The van der Waals surface area contributed by atoms with Crippen molar-refractivity contribution in [2.75, 3.05) is 13.2 Å². The topological polar surface area (TPSA) is 97.4 Å². The lowest BCUT2D eigenvalue weighted by atomic mass is 9.83. The van der Waals surface area contributed by atoms with Crippen LogP contribution in [0.25, 0.3) is 0 Å². The first-order chi connectivity index (χ1) is 15.7. The van der Waals surface area contributed by atoms with E-state index in [1.54, 1.807) is 0 Å². The van der Waals surface area contributed by atoms with Crippen LogP contribution < -0.4 is 4.74 Å². The molecule has 33 heavy (non-hydrogen) atoms. The second kappa shape index (κ2) is 13.3. The van der Waals surface area contributed by atoms with Crippen molar-refractivity contribution in [3.8, 4) is 5.75 Å². The number of hydrogen-bond donors (Lipinski definition) is 0. The van der Waals surface area contributed by atoms with E-state index < -0.39 is 26.7 Å². The summed E-state index contributed by atoms with van der Waals surface area (Å²) < 4.78 is 27.3. The largest absolute Gasteiger partial charge is 0.705 e. The predicted molar refractivity (Wildman–Crippen MR) is 124 cm³/mol. The van der Waals surface area contributed by atoms with Crippen molar-refractivity contribution in [2.45, 2.75) is 84.3 Å². The summed E-state index contributed by atoms with van der Waals surface area (Å²) >= 11 is 0. The summed E-state index contributed by atoms with van der Waals surface area (Å²) in [5.41, 5.74) is 1.33. The Bertz CT molecular complexity index is 730. The molecule has 1 aromatic rings. The minimum absolute atomic E-state index is 0.132.